The van der Waals surface area contributed by atoms with E-state index in [1.54, 1.807) is 20.8 Å². The van der Waals surface area contributed by atoms with Crippen molar-refractivity contribution in [2.45, 2.75) is 90.1 Å². The van der Waals surface area contributed by atoms with Crippen molar-refractivity contribution in [3.8, 4) is 0 Å². The van der Waals surface area contributed by atoms with E-state index in [4.69, 9.17) is 9.47 Å². The van der Waals surface area contributed by atoms with Crippen LogP contribution in [-0.4, -0.2) is 67.3 Å². The van der Waals surface area contributed by atoms with E-state index in [0.717, 1.165) is 16.7 Å². The molecule has 3 amide bonds. The third-order valence-electron chi connectivity index (χ3n) is 8.13. The fourth-order valence-corrected chi connectivity index (χ4v) is 5.34. The molecule has 3 aromatic carbocycles. The van der Waals surface area contributed by atoms with Gasteiger partial charge in [-0.3, -0.25) is 9.59 Å². The highest BCUT2D eigenvalue weighted by Crippen LogP contribution is 2.13. The van der Waals surface area contributed by atoms with Gasteiger partial charge in [-0.2, -0.15) is 0 Å². The van der Waals surface area contributed by atoms with Crippen molar-refractivity contribution >= 4 is 23.9 Å². The molecule has 0 spiro atoms. The molecule has 10 heteroatoms. The number of amides is 3. The van der Waals surface area contributed by atoms with E-state index in [0.29, 0.717) is 19.3 Å². The first-order valence-electron chi connectivity index (χ1n) is 16.9. The lowest BCUT2D eigenvalue weighted by Crippen LogP contribution is -2.58. The van der Waals surface area contributed by atoms with Gasteiger partial charge in [-0.25, -0.2) is 9.59 Å². The molecule has 0 aliphatic rings. The molecule has 0 aromatic heterocycles. The Balaban J connectivity index is 1.82. The molecule has 264 valence electrons. The second-order valence-corrected chi connectivity index (χ2v) is 13.3. The number of alkyl carbamates (subject to hydrolysis) is 1. The van der Waals surface area contributed by atoms with Crippen LogP contribution in [0, 0.1) is 5.92 Å². The molecule has 0 saturated carbocycles. The van der Waals surface area contributed by atoms with Gasteiger partial charge in [-0.1, -0.05) is 111 Å². The summed E-state index contributed by atoms with van der Waals surface area (Å²) in [5.41, 5.74) is 2.12. The van der Waals surface area contributed by atoms with Crippen LogP contribution >= 0.6 is 0 Å². The third-order valence-corrected chi connectivity index (χ3v) is 8.13. The normalized spacial score (nSPS) is 14.3. The molecule has 4 N–H and O–H groups in total. The van der Waals surface area contributed by atoms with Gasteiger partial charge in [-0.15, -0.1) is 0 Å². The van der Waals surface area contributed by atoms with E-state index >= 15 is 0 Å². The van der Waals surface area contributed by atoms with Crippen molar-refractivity contribution in [3.63, 3.8) is 0 Å². The second-order valence-electron chi connectivity index (χ2n) is 13.3. The topological polar surface area (TPSA) is 135 Å². The van der Waals surface area contributed by atoms with Gasteiger partial charge in [0.1, 0.15) is 17.7 Å². The third kappa shape index (κ3) is 13.7. The van der Waals surface area contributed by atoms with Gasteiger partial charge in [0.25, 0.3) is 0 Å². The van der Waals surface area contributed by atoms with Crippen LogP contribution in [0.1, 0.15) is 57.7 Å². The van der Waals surface area contributed by atoms with Crippen LogP contribution in [0.2, 0.25) is 0 Å². The average molecular weight is 673 g/mol. The number of rotatable bonds is 17. The summed E-state index contributed by atoms with van der Waals surface area (Å²) in [7, 11) is 1.28. The molecule has 5 atom stereocenters. The maximum absolute atomic E-state index is 14.1. The predicted molar refractivity (Wildman–Crippen MR) is 191 cm³/mol. The molecule has 3 aromatic rings. The van der Waals surface area contributed by atoms with Gasteiger partial charge in [0.15, 0.2) is 0 Å². The molecule has 0 bridgehead atoms. The SMILES string of the molecule is CC[C@H](C)[C@H](NC(=O)[C@H](Cc1ccccc1)NC[C@H](Cc1ccccc1)NC(=O)OC(C)(C)C)C(=O)N[C@@H](Cc1ccccc1)C(=O)OC. The number of hydrogen-bond acceptors (Lipinski definition) is 7. The summed E-state index contributed by atoms with van der Waals surface area (Å²) in [5.74, 6) is -1.66. The number of nitrogens with one attached hydrogen (secondary N) is 4. The van der Waals surface area contributed by atoms with Crippen LogP contribution in [0.3, 0.4) is 0 Å². The van der Waals surface area contributed by atoms with Gasteiger partial charge in [0.2, 0.25) is 11.8 Å². The quantitative estimate of drug-likeness (QED) is 0.152. The maximum atomic E-state index is 14.1. The predicted octanol–water partition coefficient (Wildman–Crippen LogP) is 4.75. The Morgan fingerprint density at radius 1 is 0.673 bits per heavy atom. The minimum Gasteiger partial charge on any atom is -0.467 e. The summed E-state index contributed by atoms with van der Waals surface area (Å²) in [6.07, 6.45) is 1.14. The van der Waals surface area contributed by atoms with Crippen LogP contribution < -0.4 is 21.3 Å². The number of hydrogen-bond donors (Lipinski definition) is 4. The van der Waals surface area contributed by atoms with Crippen LogP contribution in [0.5, 0.6) is 0 Å². The number of carbonyl (C=O) groups is 4. The molecule has 0 fully saturated rings. The average Bonchev–Trinajstić information content (AvgIpc) is 3.08. The molecular formula is C39H52N4O6. The monoisotopic (exact) mass is 672 g/mol. The van der Waals surface area contributed by atoms with E-state index in [-0.39, 0.29) is 24.8 Å². The maximum Gasteiger partial charge on any atom is 0.407 e. The number of esters is 1. The first-order chi connectivity index (χ1) is 23.4. The van der Waals surface area contributed by atoms with Crippen molar-refractivity contribution in [3.05, 3.63) is 108 Å². The zero-order valence-corrected chi connectivity index (χ0v) is 29.5. The molecule has 10 nitrogen and oxygen atoms in total. The second kappa shape index (κ2) is 19.3. The Bertz CT molecular complexity index is 1460. The fraction of sp³-hybridized carbons (Fsp3) is 0.436. The highest BCUT2D eigenvalue weighted by atomic mass is 16.6. The lowest BCUT2D eigenvalue weighted by atomic mass is 9.96. The van der Waals surface area contributed by atoms with Gasteiger partial charge in [-0.05, 0) is 56.2 Å². The molecule has 0 radical (unpaired) electrons. The molecule has 0 unspecified atom stereocenters. The van der Waals surface area contributed by atoms with Crippen LogP contribution in [-0.2, 0) is 43.1 Å². The van der Waals surface area contributed by atoms with E-state index in [9.17, 15) is 19.2 Å². The Morgan fingerprint density at radius 3 is 1.63 bits per heavy atom. The first kappa shape index (κ1) is 38.7. The van der Waals surface area contributed by atoms with Crippen LogP contribution in [0.4, 0.5) is 4.79 Å². The van der Waals surface area contributed by atoms with Crippen LogP contribution in [0.15, 0.2) is 91.0 Å². The summed E-state index contributed by atoms with van der Waals surface area (Å²) in [4.78, 5) is 53.4. The lowest BCUT2D eigenvalue weighted by molar-refractivity contribution is -0.145. The molecule has 49 heavy (non-hydrogen) atoms. The van der Waals surface area contributed by atoms with E-state index in [1.165, 1.54) is 7.11 Å². The Hall–Kier alpha value is -4.70. The van der Waals surface area contributed by atoms with Crippen molar-refractivity contribution in [2.75, 3.05) is 13.7 Å². The number of carbonyl (C=O) groups excluding carboxylic acids is 4. The first-order valence-corrected chi connectivity index (χ1v) is 16.9. The molecule has 0 aliphatic carbocycles. The lowest BCUT2D eigenvalue weighted by Gasteiger charge is -2.29. The summed E-state index contributed by atoms with van der Waals surface area (Å²) in [5, 5.41) is 12.1. The Labute approximate surface area is 290 Å². The minimum atomic E-state index is -0.931. The fourth-order valence-electron chi connectivity index (χ4n) is 5.34. The number of ether oxygens (including phenoxy) is 2. The summed E-state index contributed by atoms with van der Waals surface area (Å²) in [6, 6.07) is 25.7. The number of benzene rings is 3. The zero-order valence-electron chi connectivity index (χ0n) is 29.5. The van der Waals surface area contributed by atoms with Crippen molar-refractivity contribution < 1.29 is 28.7 Å². The highest BCUT2D eigenvalue weighted by molar-refractivity contribution is 5.92. The van der Waals surface area contributed by atoms with Crippen LogP contribution in [0.25, 0.3) is 0 Å². The van der Waals surface area contributed by atoms with E-state index in [2.05, 4.69) is 21.3 Å². The summed E-state index contributed by atoms with van der Waals surface area (Å²) < 4.78 is 10.5. The minimum absolute atomic E-state index is 0.240. The molecule has 0 aliphatic heterocycles. The van der Waals surface area contributed by atoms with Crippen molar-refractivity contribution in [1.82, 2.24) is 21.3 Å². The van der Waals surface area contributed by atoms with Gasteiger partial charge in [0.05, 0.1) is 13.2 Å². The highest BCUT2D eigenvalue weighted by Gasteiger charge is 2.33. The van der Waals surface area contributed by atoms with Gasteiger partial charge in [0, 0.05) is 19.0 Å². The van der Waals surface area contributed by atoms with Gasteiger partial charge >= 0.3 is 12.1 Å². The van der Waals surface area contributed by atoms with E-state index in [1.807, 2.05) is 105 Å². The Morgan fingerprint density at radius 2 is 1.16 bits per heavy atom. The zero-order chi connectivity index (χ0) is 35.8. The standard InChI is InChI=1S/C39H52N4O6/c1-7-27(2)34(36(45)42-33(37(46)48-6)25-30-21-15-10-16-22-30)43-35(44)32(24-29-19-13-9-14-20-29)40-26-31(23-28-17-11-8-12-18-28)41-38(47)49-39(3,4)5/h8-22,27,31-34,40H,7,23-26H2,1-6H3,(H,41,47)(H,42,45)(H,43,44)/t27-,31-,32-,33-,34-/m0/s1. The van der Waals surface area contributed by atoms with E-state index < -0.39 is 47.7 Å². The molecule has 0 saturated heterocycles. The van der Waals surface area contributed by atoms with Gasteiger partial charge < -0.3 is 30.7 Å². The molecular weight excluding hydrogens is 620 g/mol. The smallest absolute Gasteiger partial charge is 0.407 e. The molecule has 0 heterocycles. The summed E-state index contributed by atoms with van der Waals surface area (Å²) >= 11 is 0. The largest absolute Gasteiger partial charge is 0.467 e. The number of methoxy groups -OCH3 is 1. The molecule has 3 rings (SSSR count). The summed E-state index contributed by atoms with van der Waals surface area (Å²) in [6.45, 7) is 9.48. The van der Waals surface area contributed by atoms with Crippen molar-refractivity contribution in [1.29, 1.82) is 0 Å². The Kier molecular flexibility index (Phi) is 15.3. The van der Waals surface area contributed by atoms with Crippen molar-refractivity contribution in [2.24, 2.45) is 5.92 Å².